The lowest BCUT2D eigenvalue weighted by atomic mass is 9.86. The first-order valence-corrected chi connectivity index (χ1v) is 8.38. The number of amides is 1. The Morgan fingerprint density at radius 3 is 3.08 bits per heavy atom. The van der Waals surface area contributed by atoms with Gasteiger partial charge >= 0.3 is 0 Å². The molecule has 1 N–H and O–H groups in total. The van der Waals surface area contributed by atoms with Crippen LogP contribution in [-0.4, -0.2) is 57.7 Å². The van der Waals surface area contributed by atoms with Crippen LogP contribution < -0.4 is 4.90 Å². The van der Waals surface area contributed by atoms with Gasteiger partial charge in [-0.1, -0.05) is 6.58 Å². The number of piperidine rings is 1. The fraction of sp³-hybridized carbons (Fsp3) is 0.389. The molecule has 2 aromatic heterocycles. The number of nitriles is 1. The molecule has 1 aliphatic rings. The second-order valence-corrected chi connectivity index (χ2v) is 6.29. The standard InChI is InChI=1S/C18H20N6O2/c1-3-15(25)12-6-9-24(16(26)4-7-19)10-14(12)23(2)18-13-5-8-20-17(13)21-11-22-18/h3,5,8,11-12,14H,1,4,6,9-10H2,2H3,(H,20,21,22)/t12-,14?/m1/s1. The number of likely N-dealkylation sites (tertiary alicyclic amines) is 1. The normalized spacial score (nSPS) is 19.8. The van der Waals surface area contributed by atoms with Gasteiger partial charge in [0.25, 0.3) is 0 Å². The van der Waals surface area contributed by atoms with Gasteiger partial charge < -0.3 is 14.8 Å². The number of carbonyl (C=O) groups is 2. The summed E-state index contributed by atoms with van der Waals surface area (Å²) >= 11 is 0. The van der Waals surface area contributed by atoms with Crippen LogP contribution in [0.2, 0.25) is 0 Å². The number of fused-ring (bicyclic) bond motifs is 1. The number of aromatic nitrogens is 3. The van der Waals surface area contributed by atoms with Gasteiger partial charge in [0, 0.05) is 32.3 Å². The highest BCUT2D eigenvalue weighted by atomic mass is 16.2. The van der Waals surface area contributed by atoms with E-state index >= 15 is 0 Å². The first kappa shape index (κ1) is 17.6. The van der Waals surface area contributed by atoms with E-state index in [9.17, 15) is 9.59 Å². The predicted molar refractivity (Wildman–Crippen MR) is 96.2 cm³/mol. The molecule has 1 amide bonds. The molecule has 0 aromatic carbocycles. The van der Waals surface area contributed by atoms with Crippen LogP contribution >= 0.6 is 0 Å². The number of allylic oxidation sites excluding steroid dienone is 1. The number of aromatic amines is 1. The zero-order valence-corrected chi connectivity index (χ0v) is 14.6. The summed E-state index contributed by atoms with van der Waals surface area (Å²) in [5.74, 6) is 0.142. The molecule has 2 aromatic rings. The summed E-state index contributed by atoms with van der Waals surface area (Å²) in [6.07, 6.45) is 4.96. The number of H-pyrrole nitrogens is 1. The maximum absolute atomic E-state index is 12.4. The summed E-state index contributed by atoms with van der Waals surface area (Å²) in [7, 11) is 1.86. The van der Waals surface area contributed by atoms with Crippen molar-refractivity contribution in [3.8, 4) is 6.07 Å². The van der Waals surface area contributed by atoms with E-state index in [1.54, 1.807) is 11.1 Å². The smallest absolute Gasteiger partial charge is 0.236 e. The van der Waals surface area contributed by atoms with E-state index in [2.05, 4.69) is 21.5 Å². The predicted octanol–water partition coefficient (Wildman–Crippen LogP) is 1.28. The van der Waals surface area contributed by atoms with Gasteiger partial charge in [-0.15, -0.1) is 0 Å². The topological polar surface area (TPSA) is 106 Å². The van der Waals surface area contributed by atoms with Crippen molar-refractivity contribution in [1.29, 1.82) is 5.26 Å². The Balaban J connectivity index is 1.94. The number of anilines is 1. The summed E-state index contributed by atoms with van der Waals surface area (Å²) in [4.78, 5) is 39.7. The van der Waals surface area contributed by atoms with Crippen molar-refractivity contribution in [2.24, 2.45) is 5.92 Å². The van der Waals surface area contributed by atoms with Crippen molar-refractivity contribution in [3.05, 3.63) is 31.2 Å². The average molecular weight is 352 g/mol. The zero-order chi connectivity index (χ0) is 18.7. The minimum Gasteiger partial charge on any atom is -0.354 e. The third-order valence-corrected chi connectivity index (χ3v) is 4.90. The van der Waals surface area contributed by atoms with E-state index in [-0.39, 0.29) is 30.1 Å². The molecule has 0 spiro atoms. The van der Waals surface area contributed by atoms with Crippen LogP contribution in [0.1, 0.15) is 12.8 Å². The van der Waals surface area contributed by atoms with Crippen molar-refractivity contribution in [3.63, 3.8) is 0 Å². The molecule has 1 saturated heterocycles. The van der Waals surface area contributed by atoms with Gasteiger partial charge in [-0.05, 0) is 18.6 Å². The van der Waals surface area contributed by atoms with E-state index in [1.807, 2.05) is 24.1 Å². The van der Waals surface area contributed by atoms with Gasteiger partial charge in [0.15, 0.2) is 5.78 Å². The monoisotopic (exact) mass is 352 g/mol. The molecule has 1 fully saturated rings. The maximum Gasteiger partial charge on any atom is 0.236 e. The van der Waals surface area contributed by atoms with E-state index in [4.69, 9.17) is 5.26 Å². The molecule has 0 radical (unpaired) electrons. The Bertz CT molecular complexity index is 883. The highest BCUT2D eigenvalue weighted by Gasteiger charge is 2.37. The lowest BCUT2D eigenvalue weighted by Gasteiger charge is -2.42. The number of likely N-dealkylation sites (N-methyl/N-ethyl adjacent to an activating group) is 1. The van der Waals surface area contributed by atoms with E-state index in [0.29, 0.717) is 31.0 Å². The Hall–Kier alpha value is -3.21. The number of hydrogen-bond acceptors (Lipinski definition) is 6. The molecular weight excluding hydrogens is 332 g/mol. The summed E-state index contributed by atoms with van der Waals surface area (Å²) in [5, 5.41) is 9.65. The SMILES string of the molecule is C=CC(=O)[C@@H]1CCN(C(=O)CC#N)CC1N(C)c1ncnc2[nH]ccc12. The quantitative estimate of drug-likeness (QED) is 0.813. The highest BCUT2D eigenvalue weighted by Crippen LogP contribution is 2.29. The third-order valence-electron chi connectivity index (χ3n) is 4.90. The van der Waals surface area contributed by atoms with Crippen molar-refractivity contribution in [2.45, 2.75) is 18.9 Å². The lowest BCUT2D eigenvalue weighted by Crippen LogP contribution is -2.55. The van der Waals surface area contributed by atoms with Crippen LogP contribution in [0, 0.1) is 17.2 Å². The number of nitrogens with one attached hydrogen (secondary N) is 1. The van der Waals surface area contributed by atoms with Crippen LogP contribution in [0.3, 0.4) is 0 Å². The van der Waals surface area contributed by atoms with Gasteiger partial charge in [0.1, 0.15) is 24.2 Å². The van der Waals surface area contributed by atoms with Gasteiger partial charge in [-0.2, -0.15) is 5.26 Å². The maximum atomic E-state index is 12.4. The summed E-state index contributed by atoms with van der Waals surface area (Å²) < 4.78 is 0. The molecule has 8 nitrogen and oxygen atoms in total. The summed E-state index contributed by atoms with van der Waals surface area (Å²) in [6.45, 7) is 4.42. The number of nitrogens with zero attached hydrogens (tertiary/aromatic N) is 5. The lowest BCUT2D eigenvalue weighted by molar-refractivity contribution is -0.133. The fourth-order valence-corrected chi connectivity index (χ4v) is 3.51. The molecule has 8 heteroatoms. The Morgan fingerprint density at radius 2 is 2.35 bits per heavy atom. The fourth-order valence-electron chi connectivity index (χ4n) is 3.51. The molecule has 134 valence electrons. The van der Waals surface area contributed by atoms with Gasteiger partial charge in [-0.3, -0.25) is 9.59 Å². The number of hydrogen-bond donors (Lipinski definition) is 1. The second kappa shape index (κ2) is 7.35. The van der Waals surface area contributed by atoms with Gasteiger partial charge in [0.2, 0.25) is 5.91 Å². The minimum atomic E-state index is -0.285. The molecule has 0 bridgehead atoms. The molecule has 2 atom stereocenters. The van der Waals surface area contributed by atoms with E-state index in [1.165, 1.54) is 12.4 Å². The Kier molecular flexibility index (Phi) is 4.98. The van der Waals surface area contributed by atoms with Crippen molar-refractivity contribution in [1.82, 2.24) is 19.9 Å². The van der Waals surface area contributed by atoms with Crippen LogP contribution in [0.25, 0.3) is 11.0 Å². The Labute approximate surface area is 151 Å². The molecular formula is C18H20N6O2. The van der Waals surface area contributed by atoms with Crippen molar-refractivity contribution < 1.29 is 9.59 Å². The molecule has 1 unspecified atom stereocenters. The number of rotatable bonds is 5. The van der Waals surface area contributed by atoms with Crippen LogP contribution in [0.15, 0.2) is 31.2 Å². The largest absolute Gasteiger partial charge is 0.354 e. The van der Waals surface area contributed by atoms with Crippen LogP contribution in [0.5, 0.6) is 0 Å². The summed E-state index contributed by atoms with van der Waals surface area (Å²) in [5.41, 5.74) is 0.710. The first-order chi connectivity index (χ1) is 12.6. The van der Waals surface area contributed by atoms with Crippen LogP contribution in [0.4, 0.5) is 5.82 Å². The second-order valence-electron chi connectivity index (χ2n) is 6.29. The first-order valence-electron chi connectivity index (χ1n) is 8.38. The molecule has 0 aliphatic carbocycles. The van der Waals surface area contributed by atoms with Crippen molar-refractivity contribution in [2.75, 3.05) is 25.0 Å². The summed E-state index contributed by atoms with van der Waals surface area (Å²) in [6, 6.07) is 3.52. The molecule has 3 rings (SSSR count). The van der Waals surface area contributed by atoms with Gasteiger partial charge in [0.05, 0.1) is 17.5 Å². The average Bonchev–Trinajstić information content (AvgIpc) is 3.15. The number of carbonyl (C=O) groups excluding carboxylic acids is 2. The van der Waals surface area contributed by atoms with Crippen LogP contribution in [-0.2, 0) is 9.59 Å². The molecule has 1 aliphatic heterocycles. The van der Waals surface area contributed by atoms with Crippen molar-refractivity contribution >= 4 is 28.5 Å². The molecule has 0 saturated carbocycles. The van der Waals surface area contributed by atoms with E-state index in [0.717, 1.165) is 5.39 Å². The zero-order valence-electron chi connectivity index (χ0n) is 14.6. The molecule has 3 heterocycles. The van der Waals surface area contributed by atoms with Gasteiger partial charge in [-0.25, -0.2) is 9.97 Å². The van der Waals surface area contributed by atoms with E-state index < -0.39 is 0 Å². The third kappa shape index (κ3) is 3.16. The Morgan fingerprint density at radius 1 is 1.54 bits per heavy atom. The number of ketones is 1. The molecule has 26 heavy (non-hydrogen) atoms. The highest BCUT2D eigenvalue weighted by molar-refractivity contribution is 5.93. The minimum absolute atomic E-state index is 0.0476.